The summed E-state index contributed by atoms with van der Waals surface area (Å²) in [5.74, 6) is 0.428. The Labute approximate surface area is 264 Å². The van der Waals surface area contributed by atoms with Gasteiger partial charge in [0.15, 0.2) is 0 Å². The van der Waals surface area contributed by atoms with E-state index in [4.69, 9.17) is 19.2 Å². The highest BCUT2D eigenvalue weighted by molar-refractivity contribution is 7.10. The fourth-order valence-corrected chi connectivity index (χ4v) is 7.64. The summed E-state index contributed by atoms with van der Waals surface area (Å²) in [6.45, 7) is 10.0. The number of nitrogens with zero attached hydrogens (tertiary/aromatic N) is 3. The largest absolute Gasteiger partial charge is 0.497 e. The van der Waals surface area contributed by atoms with Crippen molar-refractivity contribution in [2.24, 2.45) is 5.92 Å². The molecule has 1 aromatic carbocycles. The normalized spacial score (nSPS) is 23.6. The fraction of sp³-hybridized carbons (Fsp3) is 0.636. The van der Waals surface area contributed by atoms with Crippen LogP contribution in [-0.2, 0) is 14.3 Å². The number of aromatic nitrogens is 1. The number of fused-ring (bicyclic) bond motifs is 1. The van der Waals surface area contributed by atoms with Crippen LogP contribution in [0.5, 0.6) is 5.75 Å². The van der Waals surface area contributed by atoms with Gasteiger partial charge in [0.25, 0.3) is 0 Å². The molecule has 11 heteroatoms. The maximum atomic E-state index is 14.6. The van der Waals surface area contributed by atoms with Crippen LogP contribution in [0.1, 0.15) is 93.3 Å². The molecule has 3 heterocycles. The molecule has 0 bridgehead atoms. The van der Waals surface area contributed by atoms with Crippen molar-refractivity contribution in [3.05, 3.63) is 45.9 Å². The first-order chi connectivity index (χ1) is 21.1. The third-order valence-electron chi connectivity index (χ3n) is 8.82. The molecule has 44 heavy (non-hydrogen) atoms. The van der Waals surface area contributed by atoms with Gasteiger partial charge in [-0.05, 0) is 77.1 Å². The molecule has 2 saturated heterocycles. The molecular formula is C33H46N4O6S. The maximum Gasteiger partial charge on any atom is 0.408 e. The van der Waals surface area contributed by atoms with Gasteiger partial charge in [-0.15, -0.1) is 11.3 Å². The van der Waals surface area contributed by atoms with Crippen LogP contribution < -0.4 is 10.1 Å². The lowest BCUT2D eigenvalue weighted by molar-refractivity contribution is -0.141. The first-order valence-corrected chi connectivity index (χ1v) is 16.7. The molecule has 3 fully saturated rings. The molecule has 1 N–H and O–H groups in total. The molecule has 5 rings (SSSR count). The topological polar surface area (TPSA) is 110 Å². The number of alkyl carbamates (subject to hydrolysis) is 1. The number of nitrogens with one attached hydrogen (secondary N) is 1. The molecule has 240 valence electrons. The van der Waals surface area contributed by atoms with E-state index in [1.165, 1.54) is 11.3 Å². The van der Waals surface area contributed by atoms with E-state index in [9.17, 15) is 14.4 Å². The Morgan fingerprint density at radius 3 is 2.45 bits per heavy atom. The molecule has 0 radical (unpaired) electrons. The van der Waals surface area contributed by atoms with E-state index in [2.05, 4.69) is 10.2 Å². The van der Waals surface area contributed by atoms with Crippen molar-refractivity contribution >= 4 is 29.1 Å². The lowest BCUT2D eigenvalue weighted by atomic mass is 9.83. The zero-order chi connectivity index (χ0) is 31.4. The molecule has 3 aliphatic rings. The zero-order valence-corrected chi connectivity index (χ0v) is 27.4. The van der Waals surface area contributed by atoms with Gasteiger partial charge in [-0.25, -0.2) is 9.78 Å². The fourth-order valence-electron chi connectivity index (χ4n) is 6.73. The van der Waals surface area contributed by atoms with Crippen LogP contribution in [-0.4, -0.2) is 89.7 Å². The lowest BCUT2D eigenvalue weighted by Crippen LogP contribution is -2.60. The molecule has 4 atom stereocenters. The number of hydrogen-bond acceptors (Lipinski definition) is 9. The maximum absolute atomic E-state index is 14.6. The van der Waals surface area contributed by atoms with Crippen molar-refractivity contribution in [1.82, 2.24) is 20.1 Å². The van der Waals surface area contributed by atoms with Crippen LogP contribution in [0.25, 0.3) is 0 Å². The molecule has 2 aromatic rings. The summed E-state index contributed by atoms with van der Waals surface area (Å²) in [6.07, 6.45) is 5.34. The van der Waals surface area contributed by atoms with Crippen LogP contribution in [0, 0.1) is 5.92 Å². The highest BCUT2D eigenvalue weighted by atomic mass is 32.1. The summed E-state index contributed by atoms with van der Waals surface area (Å²) in [4.78, 5) is 50.1. The molecule has 1 saturated carbocycles. The summed E-state index contributed by atoms with van der Waals surface area (Å²) in [7, 11) is 1.59. The standard InChI is InChI=1S/C33H46N4O6S/c1-6-42-25-16-23-17-37(31(39)28(21-10-8-7-9-11-21)35-32(40)43-33(2,3)4)27(19-36(23)18-25)30-34-26(20-44-30)29(38)22-12-14-24(41-5)15-13-22/h12-15,20-21,23,25,27-28H,6-11,16-19H2,1-5H3,(H,35,40)/t23-,25-,27+,28+/m1/s1. The number of hydrogen-bond donors (Lipinski definition) is 1. The summed E-state index contributed by atoms with van der Waals surface area (Å²) < 4.78 is 16.8. The number of amides is 2. The predicted octanol–water partition coefficient (Wildman–Crippen LogP) is 5.22. The summed E-state index contributed by atoms with van der Waals surface area (Å²) >= 11 is 1.40. The minimum absolute atomic E-state index is 0.0331. The number of methoxy groups -OCH3 is 1. The quantitative estimate of drug-likeness (QED) is 0.378. The van der Waals surface area contributed by atoms with Crippen molar-refractivity contribution < 1.29 is 28.6 Å². The second kappa shape index (κ2) is 14.0. The second-order valence-corrected chi connectivity index (χ2v) is 14.0. The van der Waals surface area contributed by atoms with E-state index in [-0.39, 0.29) is 35.8 Å². The van der Waals surface area contributed by atoms with Gasteiger partial charge in [-0.2, -0.15) is 0 Å². The van der Waals surface area contributed by atoms with Crippen LogP contribution >= 0.6 is 11.3 Å². The van der Waals surface area contributed by atoms with Gasteiger partial charge in [0.2, 0.25) is 11.7 Å². The molecule has 2 amide bonds. The molecule has 1 aromatic heterocycles. The minimum Gasteiger partial charge on any atom is -0.497 e. The van der Waals surface area contributed by atoms with Gasteiger partial charge in [0.1, 0.15) is 28.1 Å². The Kier molecular flexibility index (Phi) is 10.3. The van der Waals surface area contributed by atoms with E-state index in [0.29, 0.717) is 41.7 Å². The van der Waals surface area contributed by atoms with Gasteiger partial charge < -0.3 is 24.4 Å². The summed E-state index contributed by atoms with van der Waals surface area (Å²) in [5.41, 5.74) is 0.205. The third kappa shape index (κ3) is 7.61. The predicted molar refractivity (Wildman–Crippen MR) is 168 cm³/mol. The minimum atomic E-state index is -0.691. The number of rotatable bonds is 9. The third-order valence-corrected chi connectivity index (χ3v) is 9.76. The smallest absolute Gasteiger partial charge is 0.408 e. The summed E-state index contributed by atoms with van der Waals surface area (Å²) in [6, 6.07) is 6.09. The number of ketones is 1. The monoisotopic (exact) mass is 626 g/mol. The van der Waals surface area contributed by atoms with Gasteiger partial charge in [0, 0.05) is 43.2 Å². The van der Waals surface area contributed by atoms with Crippen LogP contribution in [0.2, 0.25) is 0 Å². The molecule has 0 spiro atoms. The highest BCUT2D eigenvalue weighted by Gasteiger charge is 2.46. The van der Waals surface area contributed by atoms with Crippen LogP contribution in [0.4, 0.5) is 4.79 Å². The van der Waals surface area contributed by atoms with E-state index < -0.39 is 17.7 Å². The second-order valence-electron chi connectivity index (χ2n) is 13.1. The van der Waals surface area contributed by atoms with Gasteiger partial charge in [-0.1, -0.05) is 19.3 Å². The SMILES string of the molecule is CCO[C@@H]1C[C@@H]2CN(C(=O)[C@@H](NC(=O)OC(C)(C)C)C3CCCCC3)[C@H](c3nc(C(=O)c4ccc(OC)cc4)cs3)CN2C1. The average Bonchev–Trinajstić information content (AvgIpc) is 3.65. The van der Waals surface area contributed by atoms with E-state index in [1.54, 1.807) is 36.8 Å². The van der Waals surface area contributed by atoms with E-state index >= 15 is 0 Å². The first-order valence-electron chi connectivity index (χ1n) is 15.9. The molecule has 1 aliphatic carbocycles. The van der Waals surface area contributed by atoms with Crippen molar-refractivity contribution in [3.63, 3.8) is 0 Å². The molecular weight excluding hydrogens is 580 g/mol. The van der Waals surface area contributed by atoms with Crippen molar-refractivity contribution in [3.8, 4) is 5.75 Å². The number of benzene rings is 1. The highest BCUT2D eigenvalue weighted by Crippen LogP contribution is 2.37. The Morgan fingerprint density at radius 2 is 1.80 bits per heavy atom. The van der Waals surface area contributed by atoms with Gasteiger partial charge >= 0.3 is 6.09 Å². The Balaban J connectivity index is 1.43. The number of piperazine rings is 1. The number of thiazole rings is 1. The molecule has 10 nitrogen and oxygen atoms in total. The Morgan fingerprint density at radius 1 is 1.07 bits per heavy atom. The Hall–Kier alpha value is -3.02. The zero-order valence-electron chi connectivity index (χ0n) is 26.5. The van der Waals surface area contributed by atoms with Crippen molar-refractivity contribution in [2.75, 3.05) is 33.4 Å². The van der Waals surface area contributed by atoms with Crippen LogP contribution in [0.15, 0.2) is 29.6 Å². The van der Waals surface area contributed by atoms with Gasteiger partial charge in [-0.3, -0.25) is 14.5 Å². The number of ether oxygens (including phenoxy) is 3. The van der Waals surface area contributed by atoms with E-state index in [1.807, 2.05) is 32.6 Å². The first kappa shape index (κ1) is 32.4. The number of carbonyl (C=O) groups is 3. The lowest BCUT2D eigenvalue weighted by Gasteiger charge is -2.45. The van der Waals surface area contributed by atoms with E-state index in [0.717, 1.165) is 45.1 Å². The molecule has 2 aliphatic heterocycles. The van der Waals surface area contributed by atoms with Crippen molar-refractivity contribution in [1.29, 1.82) is 0 Å². The van der Waals surface area contributed by atoms with Crippen LogP contribution in [0.3, 0.4) is 0 Å². The molecule has 0 unspecified atom stereocenters. The Bertz CT molecular complexity index is 1300. The average molecular weight is 627 g/mol. The number of carbonyl (C=O) groups excluding carboxylic acids is 3. The van der Waals surface area contributed by atoms with Crippen molar-refractivity contribution in [2.45, 2.75) is 96.1 Å². The van der Waals surface area contributed by atoms with Gasteiger partial charge in [0.05, 0.1) is 19.3 Å². The summed E-state index contributed by atoms with van der Waals surface area (Å²) in [5, 5.41) is 5.48.